The van der Waals surface area contributed by atoms with Gasteiger partial charge in [-0.25, -0.2) is 0 Å². The van der Waals surface area contributed by atoms with Gasteiger partial charge in [-0.05, 0) is 12.1 Å². The number of amides is 1. The van der Waals surface area contributed by atoms with Crippen LogP contribution in [-0.2, 0) is 9.53 Å². The second-order valence-electron chi connectivity index (χ2n) is 3.72. The second kappa shape index (κ2) is 2.90. The Labute approximate surface area is 86.4 Å². The minimum Gasteiger partial charge on any atom is -0.371 e. The molecule has 76 valence electrons. The first-order valence-corrected chi connectivity index (χ1v) is 4.84. The normalized spacial score (nSPS) is 23.2. The maximum absolute atomic E-state index is 11.6. The number of benzene rings is 1. The molecule has 0 saturated carbocycles. The van der Waals surface area contributed by atoms with E-state index in [4.69, 9.17) is 4.74 Å². The van der Waals surface area contributed by atoms with Crippen LogP contribution < -0.4 is 4.90 Å². The van der Waals surface area contributed by atoms with E-state index in [9.17, 15) is 9.59 Å². The van der Waals surface area contributed by atoms with Gasteiger partial charge in [0.2, 0.25) is 0 Å². The Morgan fingerprint density at radius 3 is 2.80 bits per heavy atom. The van der Waals surface area contributed by atoms with Crippen LogP contribution in [0, 0.1) is 0 Å². The molecule has 2 aliphatic heterocycles. The quantitative estimate of drug-likeness (QED) is 0.523. The van der Waals surface area contributed by atoms with Gasteiger partial charge in [0.15, 0.2) is 0 Å². The van der Waals surface area contributed by atoms with Gasteiger partial charge in [0.05, 0.1) is 30.5 Å². The molecule has 4 heteroatoms. The lowest BCUT2D eigenvalue weighted by atomic mass is 10.1. The highest BCUT2D eigenvalue weighted by atomic mass is 16.6. The predicted octanol–water partition coefficient (Wildman–Crippen LogP) is 0.615. The standard InChI is InChI=1S/C11H9NO3/c13-10-8-3-1-2-4-9(8)12(11(10)14)5-7-6-15-7/h1-4,7H,5-6H2. The molecule has 1 saturated heterocycles. The summed E-state index contributed by atoms with van der Waals surface area (Å²) in [5.41, 5.74) is 1.21. The fourth-order valence-corrected chi connectivity index (χ4v) is 1.81. The van der Waals surface area contributed by atoms with E-state index in [0.29, 0.717) is 24.4 Å². The summed E-state index contributed by atoms with van der Waals surface area (Å²) in [7, 11) is 0. The smallest absolute Gasteiger partial charge is 0.299 e. The first-order valence-electron chi connectivity index (χ1n) is 4.84. The number of epoxide rings is 1. The maximum Gasteiger partial charge on any atom is 0.299 e. The molecule has 2 aliphatic rings. The molecule has 0 bridgehead atoms. The molecular weight excluding hydrogens is 194 g/mol. The molecule has 0 aromatic heterocycles. The Morgan fingerprint density at radius 1 is 1.33 bits per heavy atom. The molecular formula is C11H9NO3. The van der Waals surface area contributed by atoms with Crippen LogP contribution in [-0.4, -0.2) is 30.9 Å². The van der Waals surface area contributed by atoms with Crippen LogP contribution in [0.15, 0.2) is 24.3 Å². The van der Waals surface area contributed by atoms with E-state index in [1.807, 2.05) is 6.07 Å². The number of hydrogen-bond acceptors (Lipinski definition) is 3. The lowest BCUT2D eigenvalue weighted by Gasteiger charge is -2.14. The van der Waals surface area contributed by atoms with Gasteiger partial charge in [0, 0.05) is 0 Å². The number of fused-ring (bicyclic) bond motifs is 1. The number of para-hydroxylation sites is 1. The largest absolute Gasteiger partial charge is 0.371 e. The van der Waals surface area contributed by atoms with E-state index in [1.165, 1.54) is 4.90 Å². The SMILES string of the molecule is O=C1C(=O)N(CC2CO2)c2ccccc21. The highest BCUT2D eigenvalue weighted by Crippen LogP contribution is 2.29. The highest BCUT2D eigenvalue weighted by molar-refractivity contribution is 6.52. The molecule has 0 spiro atoms. The van der Waals surface area contributed by atoms with Crippen molar-refractivity contribution >= 4 is 17.4 Å². The predicted molar refractivity (Wildman–Crippen MR) is 52.9 cm³/mol. The van der Waals surface area contributed by atoms with Crippen molar-refractivity contribution < 1.29 is 14.3 Å². The van der Waals surface area contributed by atoms with Crippen molar-refractivity contribution in [2.45, 2.75) is 6.10 Å². The van der Waals surface area contributed by atoms with Crippen molar-refractivity contribution in [3.8, 4) is 0 Å². The fraction of sp³-hybridized carbons (Fsp3) is 0.273. The third-order valence-corrected chi connectivity index (χ3v) is 2.67. The average molecular weight is 203 g/mol. The van der Waals surface area contributed by atoms with Gasteiger partial charge in [-0.1, -0.05) is 12.1 Å². The van der Waals surface area contributed by atoms with E-state index in [-0.39, 0.29) is 6.10 Å². The third-order valence-electron chi connectivity index (χ3n) is 2.67. The Bertz CT molecular complexity index is 451. The monoisotopic (exact) mass is 203 g/mol. The van der Waals surface area contributed by atoms with Crippen LogP contribution in [0.2, 0.25) is 0 Å². The van der Waals surface area contributed by atoms with Gasteiger partial charge in [-0.3, -0.25) is 9.59 Å². The van der Waals surface area contributed by atoms with Crippen LogP contribution in [0.5, 0.6) is 0 Å². The first-order chi connectivity index (χ1) is 7.27. The number of anilines is 1. The Hall–Kier alpha value is -1.68. The summed E-state index contributed by atoms with van der Waals surface area (Å²) in [6.45, 7) is 1.17. The summed E-state index contributed by atoms with van der Waals surface area (Å²) >= 11 is 0. The minimum atomic E-state index is -0.438. The number of carbonyl (C=O) groups is 2. The summed E-state index contributed by atoms with van der Waals surface area (Å²) in [6.07, 6.45) is 0.105. The minimum absolute atomic E-state index is 0.105. The number of ether oxygens (including phenoxy) is 1. The number of ketones is 1. The molecule has 1 amide bonds. The molecule has 1 fully saturated rings. The van der Waals surface area contributed by atoms with Gasteiger partial charge in [0.25, 0.3) is 11.7 Å². The van der Waals surface area contributed by atoms with Gasteiger partial charge >= 0.3 is 0 Å². The summed E-state index contributed by atoms with van der Waals surface area (Å²) in [4.78, 5) is 24.7. The van der Waals surface area contributed by atoms with Crippen LogP contribution in [0.25, 0.3) is 0 Å². The fourth-order valence-electron chi connectivity index (χ4n) is 1.81. The average Bonchev–Trinajstić information content (AvgIpc) is 3.04. The molecule has 1 unspecified atom stereocenters. The van der Waals surface area contributed by atoms with Crippen molar-refractivity contribution in [3.63, 3.8) is 0 Å². The Morgan fingerprint density at radius 2 is 2.07 bits per heavy atom. The van der Waals surface area contributed by atoms with Crippen LogP contribution in [0.4, 0.5) is 5.69 Å². The second-order valence-corrected chi connectivity index (χ2v) is 3.72. The maximum atomic E-state index is 11.6. The summed E-state index contributed by atoms with van der Waals surface area (Å²) in [6, 6.07) is 7.07. The zero-order valence-electron chi connectivity index (χ0n) is 7.97. The summed E-state index contributed by atoms with van der Waals surface area (Å²) < 4.78 is 5.06. The van der Waals surface area contributed by atoms with Gasteiger partial charge in [-0.2, -0.15) is 0 Å². The van der Waals surface area contributed by atoms with Crippen LogP contribution >= 0.6 is 0 Å². The van der Waals surface area contributed by atoms with Gasteiger partial charge in [-0.15, -0.1) is 0 Å². The molecule has 0 aliphatic carbocycles. The number of carbonyl (C=O) groups excluding carboxylic acids is 2. The molecule has 0 radical (unpaired) electrons. The van der Waals surface area contributed by atoms with Gasteiger partial charge < -0.3 is 9.64 Å². The Kier molecular flexibility index (Phi) is 1.67. The van der Waals surface area contributed by atoms with Crippen molar-refractivity contribution in [1.82, 2.24) is 0 Å². The molecule has 1 aromatic rings. The zero-order chi connectivity index (χ0) is 10.4. The molecule has 4 nitrogen and oxygen atoms in total. The van der Waals surface area contributed by atoms with Gasteiger partial charge in [0.1, 0.15) is 0 Å². The molecule has 1 atom stereocenters. The number of nitrogens with zero attached hydrogens (tertiary/aromatic N) is 1. The van der Waals surface area contributed by atoms with Crippen LogP contribution in [0.3, 0.4) is 0 Å². The van der Waals surface area contributed by atoms with E-state index in [0.717, 1.165) is 0 Å². The number of rotatable bonds is 2. The number of Topliss-reactive ketones (excluding diaryl/α,β-unsaturated/α-hetero) is 1. The van der Waals surface area contributed by atoms with E-state index in [2.05, 4.69) is 0 Å². The first kappa shape index (κ1) is 8.61. The van der Waals surface area contributed by atoms with Crippen molar-refractivity contribution in [1.29, 1.82) is 0 Å². The summed E-state index contributed by atoms with van der Waals surface area (Å²) in [5.74, 6) is -0.849. The van der Waals surface area contributed by atoms with E-state index in [1.54, 1.807) is 18.2 Å². The van der Waals surface area contributed by atoms with E-state index < -0.39 is 11.7 Å². The zero-order valence-corrected chi connectivity index (χ0v) is 7.97. The van der Waals surface area contributed by atoms with Crippen molar-refractivity contribution in [3.05, 3.63) is 29.8 Å². The molecule has 3 rings (SSSR count). The highest BCUT2D eigenvalue weighted by Gasteiger charge is 2.38. The molecule has 15 heavy (non-hydrogen) atoms. The molecule has 2 heterocycles. The molecule has 0 N–H and O–H groups in total. The topological polar surface area (TPSA) is 49.9 Å². The van der Waals surface area contributed by atoms with E-state index >= 15 is 0 Å². The lowest BCUT2D eigenvalue weighted by Crippen LogP contribution is -2.33. The lowest BCUT2D eigenvalue weighted by molar-refractivity contribution is -0.114. The molecule has 1 aromatic carbocycles. The van der Waals surface area contributed by atoms with Crippen LogP contribution in [0.1, 0.15) is 10.4 Å². The van der Waals surface area contributed by atoms with Crippen molar-refractivity contribution in [2.75, 3.05) is 18.1 Å². The van der Waals surface area contributed by atoms with Crippen molar-refractivity contribution in [2.24, 2.45) is 0 Å². The number of hydrogen-bond donors (Lipinski definition) is 0. The third kappa shape index (κ3) is 1.26. The summed E-state index contributed by atoms with van der Waals surface area (Å²) in [5, 5.41) is 0. The Balaban J connectivity index is 2.01.